The van der Waals surface area contributed by atoms with Crippen molar-refractivity contribution in [3.05, 3.63) is 99.5 Å². The van der Waals surface area contributed by atoms with E-state index >= 15 is 0 Å². The van der Waals surface area contributed by atoms with Gasteiger partial charge in [-0.3, -0.25) is 4.90 Å². The quantitative estimate of drug-likeness (QED) is 0.226. The van der Waals surface area contributed by atoms with E-state index in [4.69, 9.17) is 0 Å². The van der Waals surface area contributed by atoms with Gasteiger partial charge >= 0.3 is 0 Å². The highest BCUT2D eigenvalue weighted by Crippen LogP contribution is 2.23. The van der Waals surface area contributed by atoms with Crippen molar-refractivity contribution in [3.8, 4) is 0 Å². The van der Waals surface area contributed by atoms with Crippen molar-refractivity contribution in [2.24, 2.45) is 0 Å². The van der Waals surface area contributed by atoms with Crippen molar-refractivity contribution in [3.63, 3.8) is 0 Å². The first-order valence-electron chi connectivity index (χ1n) is 12.6. The van der Waals surface area contributed by atoms with E-state index in [-0.39, 0.29) is 5.54 Å². The summed E-state index contributed by atoms with van der Waals surface area (Å²) in [6, 6.07) is 23.7. The SMILES string of the molecule is Cc1cc(C)cc(CN(CCCCN(Cc2ccccc2)C(C)(C)C)S(=O)(=O)c2ccc(Br)cc2)c1. The minimum atomic E-state index is -3.62. The zero-order valence-electron chi connectivity index (χ0n) is 22.2. The Hall–Kier alpha value is -1.99. The monoisotopic (exact) mass is 570 g/mol. The van der Waals surface area contributed by atoms with Crippen LogP contribution in [0.3, 0.4) is 0 Å². The Morgan fingerprint density at radius 1 is 0.750 bits per heavy atom. The van der Waals surface area contributed by atoms with Crippen LogP contribution in [0.25, 0.3) is 0 Å². The summed E-state index contributed by atoms with van der Waals surface area (Å²) in [6.07, 6.45) is 1.71. The van der Waals surface area contributed by atoms with Crippen LogP contribution in [0.4, 0.5) is 0 Å². The second kappa shape index (κ2) is 12.5. The van der Waals surface area contributed by atoms with Gasteiger partial charge in [0.15, 0.2) is 0 Å². The van der Waals surface area contributed by atoms with E-state index in [9.17, 15) is 8.42 Å². The number of rotatable bonds is 11. The second-order valence-corrected chi connectivity index (χ2v) is 13.4. The van der Waals surface area contributed by atoms with Gasteiger partial charge in [-0.25, -0.2) is 8.42 Å². The highest BCUT2D eigenvalue weighted by molar-refractivity contribution is 9.10. The summed E-state index contributed by atoms with van der Waals surface area (Å²) in [5.74, 6) is 0. The lowest BCUT2D eigenvalue weighted by Gasteiger charge is -2.36. The molecular weight excluding hydrogens is 532 g/mol. The van der Waals surface area contributed by atoms with Crippen molar-refractivity contribution in [2.75, 3.05) is 13.1 Å². The summed E-state index contributed by atoms with van der Waals surface area (Å²) in [4.78, 5) is 2.80. The Balaban J connectivity index is 1.74. The Morgan fingerprint density at radius 2 is 1.33 bits per heavy atom. The molecule has 4 nitrogen and oxygen atoms in total. The first kappa shape index (κ1) is 28.6. The third-order valence-electron chi connectivity index (χ3n) is 6.34. The smallest absolute Gasteiger partial charge is 0.243 e. The predicted molar refractivity (Wildman–Crippen MR) is 153 cm³/mol. The average Bonchev–Trinajstić information content (AvgIpc) is 2.80. The summed E-state index contributed by atoms with van der Waals surface area (Å²) < 4.78 is 29.8. The van der Waals surface area contributed by atoms with Crippen LogP contribution in [0, 0.1) is 13.8 Å². The Kier molecular flexibility index (Phi) is 9.93. The predicted octanol–water partition coefficient (Wildman–Crippen LogP) is 7.34. The zero-order chi connectivity index (χ0) is 26.3. The lowest BCUT2D eigenvalue weighted by molar-refractivity contribution is 0.124. The Bertz CT molecular complexity index is 1200. The molecule has 0 bridgehead atoms. The first-order chi connectivity index (χ1) is 16.9. The van der Waals surface area contributed by atoms with Crippen LogP contribution in [0.2, 0.25) is 0 Å². The molecule has 0 atom stereocenters. The minimum absolute atomic E-state index is 0.0259. The summed E-state index contributed by atoms with van der Waals surface area (Å²) in [7, 11) is -3.62. The van der Waals surface area contributed by atoms with Gasteiger partial charge in [0.2, 0.25) is 10.0 Å². The first-order valence-corrected chi connectivity index (χ1v) is 14.8. The molecule has 0 fully saturated rings. The minimum Gasteiger partial charge on any atom is -0.294 e. The van der Waals surface area contributed by atoms with Crippen LogP contribution in [-0.2, 0) is 23.1 Å². The molecule has 3 rings (SSSR count). The maximum absolute atomic E-state index is 13.6. The van der Waals surface area contributed by atoms with Crippen molar-refractivity contribution in [2.45, 2.75) is 71.0 Å². The maximum atomic E-state index is 13.6. The molecule has 194 valence electrons. The molecule has 0 radical (unpaired) electrons. The van der Waals surface area contributed by atoms with Gasteiger partial charge in [0, 0.05) is 29.6 Å². The number of benzene rings is 3. The largest absolute Gasteiger partial charge is 0.294 e. The number of nitrogens with zero attached hydrogens (tertiary/aromatic N) is 2. The number of unbranched alkanes of at least 4 members (excludes halogenated alkanes) is 1. The number of aryl methyl sites for hydroxylation is 2. The normalized spacial score (nSPS) is 12.4. The second-order valence-electron chi connectivity index (χ2n) is 10.6. The highest BCUT2D eigenvalue weighted by atomic mass is 79.9. The standard InChI is InChI=1S/C30H39BrN2O2S/c1-24-19-25(2)21-27(20-24)23-33(36(34,35)29-15-13-28(31)14-16-29)18-10-9-17-32(30(3,4)5)22-26-11-7-6-8-12-26/h6-8,11-16,19-21H,9-10,17-18,22-23H2,1-5H3. The maximum Gasteiger partial charge on any atom is 0.243 e. The van der Waals surface area contributed by atoms with E-state index in [1.165, 1.54) is 5.56 Å². The molecule has 0 saturated heterocycles. The van der Waals surface area contributed by atoms with Gasteiger partial charge in [-0.05, 0) is 89.4 Å². The number of hydrogen-bond acceptors (Lipinski definition) is 3. The van der Waals surface area contributed by atoms with Gasteiger partial charge in [-0.2, -0.15) is 4.31 Å². The highest BCUT2D eigenvalue weighted by Gasteiger charge is 2.25. The fraction of sp³-hybridized carbons (Fsp3) is 0.400. The van der Waals surface area contributed by atoms with Gasteiger partial charge in [0.05, 0.1) is 4.90 Å². The molecule has 0 heterocycles. The van der Waals surface area contributed by atoms with E-state index in [0.29, 0.717) is 18.0 Å². The van der Waals surface area contributed by atoms with E-state index in [2.05, 4.69) is 97.9 Å². The van der Waals surface area contributed by atoms with Crippen molar-refractivity contribution < 1.29 is 8.42 Å². The third kappa shape index (κ3) is 8.27. The third-order valence-corrected chi connectivity index (χ3v) is 8.73. The molecule has 0 aromatic heterocycles. The van der Waals surface area contributed by atoms with Crippen LogP contribution in [0.5, 0.6) is 0 Å². The summed E-state index contributed by atoms with van der Waals surface area (Å²) in [5.41, 5.74) is 4.63. The molecule has 6 heteroatoms. The number of halogens is 1. The summed E-state index contributed by atoms with van der Waals surface area (Å²) >= 11 is 3.41. The van der Waals surface area contributed by atoms with Gasteiger partial charge in [0.1, 0.15) is 0 Å². The Morgan fingerprint density at radius 3 is 1.92 bits per heavy atom. The molecule has 0 spiro atoms. The van der Waals surface area contributed by atoms with Crippen LogP contribution in [-0.4, -0.2) is 36.3 Å². The van der Waals surface area contributed by atoms with Crippen LogP contribution < -0.4 is 0 Å². The van der Waals surface area contributed by atoms with E-state index in [0.717, 1.165) is 47.1 Å². The van der Waals surface area contributed by atoms with E-state index in [1.807, 2.05) is 6.07 Å². The molecule has 36 heavy (non-hydrogen) atoms. The molecule has 0 aliphatic heterocycles. The molecule has 3 aromatic carbocycles. The van der Waals surface area contributed by atoms with Gasteiger partial charge in [-0.15, -0.1) is 0 Å². The summed E-state index contributed by atoms with van der Waals surface area (Å²) in [5, 5.41) is 0. The van der Waals surface area contributed by atoms with Crippen LogP contribution in [0.15, 0.2) is 82.2 Å². The van der Waals surface area contributed by atoms with Crippen molar-refractivity contribution in [1.82, 2.24) is 9.21 Å². The lowest BCUT2D eigenvalue weighted by Crippen LogP contribution is -2.41. The molecule has 3 aromatic rings. The van der Waals surface area contributed by atoms with E-state index < -0.39 is 10.0 Å². The molecule has 0 aliphatic rings. The number of sulfonamides is 1. The molecule has 0 N–H and O–H groups in total. The topological polar surface area (TPSA) is 40.6 Å². The lowest BCUT2D eigenvalue weighted by atomic mass is 10.0. The average molecular weight is 572 g/mol. The fourth-order valence-electron chi connectivity index (χ4n) is 4.45. The van der Waals surface area contributed by atoms with Crippen molar-refractivity contribution >= 4 is 26.0 Å². The van der Waals surface area contributed by atoms with Gasteiger partial charge in [-0.1, -0.05) is 75.6 Å². The molecule has 0 aliphatic carbocycles. The van der Waals surface area contributed by atoms with Crippen molar-refractivity contribution in [1.29, 1.82) is 0 Å². The molecule has 0 saturated carbocycles. The molecule has 0 amide bonds. The Labute approximate surface area is 226 Å². The number of hydrogen-bond donors (Lipinski definition) is 0. The fourth-order valence-corrected chi connectivity index (χ4v) is 6.18. The van der Waals surface area contributed by atoms with E-state index in [1.54, 1.807) is 28.6 Å². The molecule has 0 unspecified atom stereocenters. The summed E-state index contributed by atoms with van der Waals surface area (Å²) in [6.45, 7) is 13.5. The van der Waals surface area contributed by atoms with Gasteiger partial charge < -0.3 is 0 Å². The van der Waals surface area contributed by atoms with Crippen LogP contribution in [0.1, 0.15) is 55.9 Å². The van der Waals surface area contributed by atoms with Crippen LogP contribution >= 0.6 is 15.9 Å². The molecular formula is C30H39BrN2O2S. The zero-order valence-corrected chi connectivity index (χ0v) is 24.6. The van der Waals surface area contributed by atoms with Gasteiger partial charge in [0.25, 0.3) is 0 Å².